The molecule has 0 amide bonds. The largest absolute Gasteiger partial charge is 0.475 e. The van der Waals surface area contributed by atoms with E-state index >= 15 is 0 Å². The number of oxazole rings is 1. The van der Waals surface area contributed by atoms with E-state index < -0.39 is 23.8 Å². The van der Waals surface area contributed by atoms with Gasteiger partial charge in [0.05, 0.1) is 5.01 Å². The van der Waals surface area contributed by atoms with Gasteiger partial charge in [-0.25, -0.2) is 23.5 Å². The Labute approximate surface area is 97.7 Å². The van der Waals surface area contributed by atoms with Crippen LogP contribution in [-0.2, 0) is 0 Å². The molecule has 0 aliphatic carbocycles. The third kappa shape index (κ3) is 2.16. The van der Waals surface area contributed by atoms with Gasteiger partial charge >= 0.3 is 5.97 Å². The van der Waals surface area contributed by atoms with Crippen LogP contribution in [0, 0.1) is 6.92 Å². The van der Waals surface area contributed by atoms with Crippen molar-refractivity contribution in [3.63, 3.8) is 0 Å². The number of aromatic carboxylic acids is 1. The summed E-state index contributed by atoms with van der Waals surface area (Å²) >= 11 is 1.29. The van der Waals surface area contributed by atoms with Crippen LogP contribution in [-0.4, -0.2) is 21.0 Å². The number of alkyl halides is 2. The van der Waals surface area contributed by atoms with E-state index in [1.54, 1.807) is 12.3 Å². The van der Waals surface area contributed by atoms with E-state index in [0.717, 1.165) is 0 Å². The molecule has 17 heavy (non-hydrogen) atoms. The van der Waals surface area contributed by atoms with Gasteiger partial charge in [-0.15, -0.1) is 11.3 Å². The summed E-state index contributed by atoms with van der Waals surface area (Å²) in [7, 11) is 0. The topological polar surface area (TPSA) is 76.2 Å². The number of thiazole rings is 1. The Morgan fingerprint density at radius 2 is 2.24 bits per heavy atom. The Kier molecular flexibility index (Phi) is 2.88. The minimum absolute atomic E-state index is 0.206. The minimum Gasteiger partial charge on any atom is -0.475 e. The normalized spacial score (nSPS) is 11.1. The lowest BCUT2D eigenvalue weighted by atomic mass is 10.3. The summed E-state index contributed by atoms with van der Waals surface area (Å²) in [5, 5.41) is 11.0. The molecular weight excluding hydrogens is 254 g/mol. The molecule has 0 saturated carbocycles. The molecule has 0 aliphatic rings. The third-order valence-corrected chi connectivity index (χ3v) is 2.67. The number of carboxylic acids is 1. The van der Waals surface area contributed by atoms with Gasteiger partial charge in [-0.3, -0.25) is 0 Å². The van der Waals surface area contributed by atoms with Crippen molar-refractivity contribution >= 4 is 17.3 Å². The first-order valence-electron chi connectivity index (χ1n) is 4.43. The van der Waals surface area contributed by atoms with Gasteiger partial charge in [-0.2, -0.15) is 0 Å². The van der Waals surface area contributed by atoms with E-state index in [1.165, 1.54) is 11.3 Å². The molecule has 8 heteroatoms. The predicted octanol–water partition coefficient (Wildman–Crippen LogP) is 2.74. The van der Waals surface area contributed by atoms with Gasteiger partial charge in [0.25, 0.3) is 6.43 Å². The summed E-state index contributed by atoms with van der Waals surface area (Å²) in [5.74, 6) is -2.63. The number of hydrogen-bond donors (Lipinski definition) is 1. The second kappa shape index (κ2) is 4.21. The fraction of sp³-hybridized carbons (Fsp3) is 0.222. The van der Waals surface area contributed by atoms with E-state index in [1.807, 2.05) is 0 Å². The van der Waals surface area contributed by atoms with Crippen molar-refractivity contribution < 1.29 is 23.1 Å². The SMILES string of the molecule is Cc1nc(-c2nc(C(F)F)c(C(=O)O)o2)cs1. The Bertz CT molecular complexity index is 564. The molecule has 0 saturated heterocycles. The molecule has 0 aliphatic heterocycles. The van der Waals surface area contributed by atoms with Crippen LogP contribution in [0.5, 0.6) is 0 Å². The Morgan fingerprint density at radius 3 is 2.65 bits per heavy atom. The van der Waals surface area contributed by atoms with Gasteiger partial charge in [0.2, 0.25) is 11.7 Å². The third-order valence-electron chi connectivity index (χ3n) is 1.89. The van der Waals surface area contributed by atoms with Crippen LogP contribution < -0.4 is 0 Å². The summed E-state index contributed by atoms with van der Waals surface area (Å²) in [6.07, 6.45) is -3.00. The number of carboxylic acid groups (broad SMARTS) is 1. The van der Waals surface area contributed by atoms with Gasteiger partial charge < -0.3 is 9.52 Å². The lowest BCUT2D eigenvalue weighted by molar-refractivity contribution is 0.0647. The minimum atomic E-state index is -3.00. The summed E-state index contributed by atoms with van der Waals surface area (Å²) < 4.78 is 29.8. The van der Waals surface area contributed by atoms with E-state index in [4.69, 9.17) is 9.52 Å². The maximum atomic E-state index is 12.5. The molecule has 1 N–H and O–H groups in total. The van der Waals surface area contributed by atoms with Crippen LogP contribution in [0.25, 0.3) is 11.6 Å². The fourth-order valence-corrected chi connectivity index (χ4v) is 1.79. The second-order valence-corrected chi connectivity index (χ2v) is 4.15. The van der Waals surface area contributed by atoms with E-state index in [2.05, 4.69) is 9.97 Å². The zero-order valence-corrected chi connectivity index (χ0v) is 9.29. The molecule has 0 radical (unpaired) electrons. The molecule has 0 atom stereocenters. The van der Waals surface area contributed by atoms with Crippen molar-refractivity contribution in [2.24, 2.45) is 0 Å². The van der Waals surface area contributed by atoms with E-state index in [0.29, 0.717) is 5.01 Å². The molecule has 5 nitrogen and oxygen atoms in total. The van der Waals surface area contributed by atoms with Gasteiger partial charge in [-0.1, -0.05) is 0 Å². The predicted molar refractivity (Wildman–Crippen MR) is 54.3 cm³/mol. The maximum absolute atomic E-state index is 12.5. The number of aryl methyl sites for hydroxylation is 1. The first-order chi connectivity index (χ1) is 7.99. The molecule has 0 bridgehead atoms. The van der Waals surface area contributed by atoms with Crippen LogP contribution in [0.2, 0.25) is 0 Å². The molecule has 2 heterocycles. The van der Waals surface area contributed by atoms with Gasteiger partial charge in [0.15, 0.2) is 5.69 Å². The van der Waals surface area contributed by atoms with Gasteiger partial charge in [-0.05, 0) is 6.92 Å². The standard InChI is InChI=1S/C9H6F2N2O3S/c1-3-12-4(2-17-3)8-13-5(7(10)11)6(16-8)9(14)15/h2,7H,1H3,(H,14,15). The Morgan fingerprint density at radius 1 is 1.53 bits per heavy atom. The highest BCUT2D eigenvalue weighted by molar-refractivity contribution is 7.09. The van der Waals surface area contributed by atoms with Gasteiger partial charge in [0, 0.05) is 5.38 Å². The molecule has 2 aromatic rings. The smallest absolute Gasteiger partial charge is 0.374 e. The number of rotatable bonds is 3. The quantitative estimate of drug-likeness (QED) is 0.918. The Hall–Kier alpha value is -1.83. The molecule has 90 valence electrons. The van der Waals surface area contributed by atoms with Crippen molar-refractivity contribution in [1.29, 1.82) is 0 Å². The highest BCUT2D eigenvalue weighted by atomic mass is 32.1. The number of aromatic nitrogens is 2. The first-order valence-corrected chi connectivity index (χ1v) is 5.31. The van der Waals surface area contributed by atoms with Crippen LogP contribution >= 0.6 is 11.3 Å². The highest BCUT2D eigenvalue weighted by Crippen LogP contribution is 2.28. The van der Waals surface area contributed by atoms with Crippen LogP contribution in [0.15, 0.2) is 9.80 Å². The summed E-state index contributed by atoms with van der Waals surface area (Å²) in [6.45, 7) is 1.73. The van der Waals surface area contributed by atoms with E-state index in [-0.39, 0.29) is 11.6 Å². The van der Waals surface area contributed by atoms with Crippen molar-refractivity contribution in [3.05, 3.63) is 21.8 Å². The monoisotopic (exact) mass is 260 g/mol. The number of hydrogen-bond acceptors (Lipinski definition) is 5. The second-order valence-electron chi connectivity index (χ2n) is 3.09. The van der Waals surface area contributed by atoms with Crippen molar-refractivity contribution in [2.45, 2.75) is 13.3 Å². The molecule has 2 aromatic heterocycles. The van der Waals surface area contributed by atoms with E-state index in [9.17, 15) is 13.6 Å². The molecule has 0 spiro atoms. The Balaban J connectivity index is 2.50. The molecule has 0 aromatic carbocycles. The zero-order valence-electron chi connectivity index (χ0n) is 8.48. The van der Waals surface area contributed by atoms with Crippen LogP contribution in [0.4, 0.5) is 8.78 Å². The van der Waals surface area contributed by atoms with Crippen molar-refractivity contribution in [2.75, 3.05) is 0 Å². The molecule has 2 rings (SSSR count). The maximum Gasteiger partial charge on any atom is 0.374 e. The highest BCUT2D eigenvalue weighted by Gasteiger charge is 2.27. The molecular formula is C9H6F2N2O3S. The zero-order chi connectivity index (χ0) is 12.6. The van der Waals surface area contributed by atoms with Crippen LogP contribution in [0.1, 0.15) is 27.7 Å². The molecule has 0 fully saturated rings. The fourth-order valence-electron chi connectivity index (χ4n) is 1.20. The average molecular weight is 260 g/mol. The number of carbonyl (C=O) groups is 1. The summed E-state index contributed by atoms with van der Waals surface area (Å²) in [5.41, 5.74) is -0.625. The lowest BCUT2D eigenvalue weighted by Crippen LogP contribution is -1.99. The first kappa shape index (κ1) is 11.6. The summed E-state index contributed by atoms with van der Waals surface area (Å²) in [6, 6.07) is 0. The number of halogens is 2. The van der Waals surface area contributed by atoms with Crippen molar-refractivity contribution in [1.82, 2.24) is 9.97 Å². The summed E-state index contributed by atoms with van der Waals surface area (Å²) in [4.78, 5) is 18.1. The van der Waals surface area contributed by atoms with Gasteiger partial charge in [0.1, 0.15) is 5.69 Å². The van der Waals surface area contributed by atoms with Crippen molar-refractivity contribution in [3.8, 4) is 11.6 Å². The number of nitrogens with zero attached hydrogens (tertiary/aromatic N) is 2. The lowest BCUT2D eigenvalue weighted by Gasteiger charge is -1.91. The molecule has 0 unspecified atom stereocenters. The average Bonchev–Trinajstić information content (AvgIpc) is 2.82. The van der Waals surface area contributed by atoms with Crippen LogP contribution in [0.3, 0.4) is 0 Å².